The molecule has 34 heavy (non-hydrogen) atoms. The molecule has 0 aliphatic rings. The first-order valence-electron chi connectivity index (χ1n) is 10.7. The highest BCUT2D eigenvalue weighted by Gasteiger charge is 2.37. The molecular weight excluding hydrogens is 452 g/mol. The molecular formula is C25H24N4O4S. The molecule has 2 heterocycles. The van der Waals surface area contributed by atoms with Crippen LogP contribution in [0.4, 0.5) is 5.69 Å². The molecule has 2 amide bonds. The number of aromatic nitrogens is 2. The van der Waals surface area contributed by atoms with Crippen molar-refractivity contribution in [2.45, 2.75) is 19.4 Å². The smallest absolute Gasteiger partial charge is 0.280 e. The number of carbonyl (C=O) groups excluding carboxylic acids is 2. The second kappa shape index (κ2) is 10.8. The number of carbonyl (C=O) groups is 2. The first-order chi connectivity index (χ1) is 16.6. The van der Waals surface area contributed by atoms with Crippen molar-refractivity contribution in [2.24, 2.45) is 0 Å². The molecule has 174 valence electrons. The van der Waals surface area contributed by atoms with Crippen molar-refractivity contribution in [1.29, 1.82) is 0 Å². The van der Waals surface area contributed by atoms with Crippen LogP contribution in [0.2, 0.25) is 0 Å². The molecule has 4 aromatic rings. The molecule has 0 saturated heterocycles. The Morgan fingerprint density at radius 3 is 2.65 bits per heavy atom. The second-order valence-corrected chi connectivity index (χ2v) is 8.20. The minimum atomic E-state index is -1.09. The summed E-state index contributed by atoms with van der Waals surface area (Å²) in [5, 5.41) is 8.44. The lowest BCUT2D eigenvalue weighted by Gasteiger charge is -2.30. The highest BCUT2D eigenvalue weighted by Crippen LogP contribution is 2.37. The second-order valence-electron chi connectivity index (χ2n) is 7.59. The molecule has 0 bridgehead atoms. The van der Waals surface area contributed by atoms with E-state index in [-0.39, 0.29) is 11.6 Å². The van der Waals surface area contributed by atoms with Crippen LogP contribution in [-0.2, 0) is 11.2 Å². The van der Waals surface area contributed by atoms with Crippen molar-refractivity contribution in [3.05, 3.63) is 94.9 Å². The van der Waals surface area contributed by atoms with E-state index in [0.717, 1.165) is 22.7 Å². The van der Waals surface area contributed by atoms with Gasteiger partial charge < -0.3 is 14.5 Å². The van der Waals surface area contributed by atoms with E-state index in [9.17, 15) is 9.59 Å². The van der Waals surface area contributed by atoms with Gasteiger partial charge in [0.15, 0.2) is 11.7 Å². The Morgan fingerprint density at radius 1 is 1.15 bits per heavy atom. The van der Waals surface area contributed by atoms with Crippen molar-refractivity contribution in [3.8, 4) is 5.75 Å². The summed E-state index contributed by atoms with van der Waals surface area (Å²) in [6, 6.07) is 17.5. The molecule has 0 fully saturated rings. The van der Waals surface area contributed by atoms with Crippen molar-refractivity contribution in [2.75, 3.05) is 18.6 Å². The predicted molar refractivity (Wildman–Crippen MR) is 129 cm³/mol. The Balaban J connectivity index is 1.72. The fourth-order valence-electron chi connectivity index (χ4n) is 3.63. The van der Waals surface area contributed by atoms with Crippen LogP contribution in [0.25, 0.3) is 0 Å². The van der Waals surface area contributed by atoms with Gasteiger partial charge in [-0.05, 0) is 60.3 Å². The Bertz CT molecular complexity index is 1230. The molecule has 4 rings (SSSR count). The molecule has 0 spiro atoms. The van der Waals surface area contributed by atoms with Crippen molar-refractivity contribution >= 4 is 29.0 Å². The van der Waals surface area contributed by atoms with Gasteiger partial charge in [0.05, 0.1) is 19.1 Å². The molecule has 1 N–H and O–H groups in total. The van der Waals surface area contributed by atoms with E-state index < -0.39 is 11.9 Å². The number of rotatable bonds is 9. The van der Waals surface area contributed by atoms with Gasteiger partial charge in [0.25, 0.3) is 11.8 Å². The third-order valence-corrected chi connectivity index (χ3v) is 5.77. The van der Waals surface area contributed by atoms with Crippen molar-refractivity contribution in [3.63, 3.8) is 0 Å². The van der Waals surface area contributed by atoms with Crippen molar-refractivity contribution in [1.82, 2.24) is 14.9 Å². The molecule has 0 aliphatic carbocycles. The molecule has 0 aliphatic heterocycles. The summed E-state index contributed by atoms with van der Waals surface area (Å²) < 4.78 is 15.0. The van der Waals surface area contributed by atoms with Crippen LogP contribution >= 0.6 is 11.5 Å². The van der Waals surface area contributed by atoms with Crippen LogP contribution < -0.4 is 15.0 Å². The molecule has 0 saturated carbocycles. The van der Waals surface area contributed by atoms with Gasteiger partial charge in [-0.1, -0.05) is 40.9 Å². The summed E-state index contributed by atoms with van der Waals surface area (Å²) in [5.74, 6) is -0.115. The standard InChI is InChI=1S/C25H24N4O4S/c1-17-10-11-21(32-2)20(15-17)29(25(31)19-16-34-28-27-19)23(22-9-6-14-33-22)24(30)26-13-12-18-7-4-3-5-8-18/h3-11,14-16,23H,12-13H2,1-2H3,(H,26,30). The fraction of sp³-hybridized carbons (Fsp3) is 0.200. The summed E-state index contributed by atoms with van der Waals surface area (Å²) in [7, 11) is 1.52. The Hall–Kier alpha value is -3.98. The number of hydrogen-bond acceptors (Lipinski definition) is 7. The minimum Gasteiger partial charge on any atom is -0.495 e. The van der Waals surface area contributed by atoms with Gasteiger partial charge in [0.1, 0.15) is 11.5 Å². The summed E-state index contributed by atoms with van der Waals surface area (Å²) >= 11 is 1.06. The average molecular weight is 477 g/mol. The Kier molecular flexibility index (Phi) is 7.34. The van der Waals surface area contributed by atoms with Gasteiger partial charge in [-0.25, -0.2) is 0 Å². The third kappa shape index (κ3) is 5.15. The first-order valence-corrected chi connectivity index (χ1v) is 11.5. The first kappa shape index (κ1) is 23.2. The highest BCUT2D eigenvalue weighted by atomic mass is 32.1. The topological polar surface area (TPSA) is 97.6 Å². The van der Waals surface area contributed by atoms with E-state index in [4.69, 9.17) is 9.15 Å². The monoisotopic (exact) mass is 476 g/mol. The maximum absolute atomic E-state index is 13.7. The number of benzene rings is 2. The zero-order valence-corrected chi connectivity index (χ0v) is 19.6. The number of methoxy groups -OCH3 is 1. The number of amides is 2. The van der Waals surface area contributed by atoms with Crippen LogP contribution in [0.3, 0.4) is 0 Å². The largest absolute Gasteiger partial charge is 0.495 e. The molecule has 2 aromatic heterocycles. The van der Waals surface area contributed by atoms with Crippen molar-refractivity contribution < 1.29 is 18.7 Å². The number of nitrogens with one attached hydrogen (secondary N) is 1. The highest BCUT2D eigenvalue weighted by molar-refractivity contribution is 7.03. The molecule has 0 radical (unpaired) electrons. The molecule has 9 heteroatoms. The van der Waals surface area contributed by atoms with Gasteiger partial charge in [0, 0.05) is 11.9 Å². The maximum atomic E-state index is 13.7. The zero-order valence-electron chi connectivity index (χ0n) is 18.8. The normalized spacial score (nSPS) is 11.6. The quantitative estimate of drug-likeness (QED) is 0.389. The van der Waals surface area contributed by atoms with E-state index in [0.29, 0.717) is 30.2 Å². The number of hydrogen-bond donors (Lipinski definition) is 1. The molecule has 8 nitrogen and oxygen atoms in total. The van der Waals surface area contributed by atoms with Gasteiger partial charge in [0.2, 0.25) is 0 Å². The lowest BCUT2D eigenvalue weighted by molar-refractivity contribution is -0.122. The summed E-state index contributed by atoms with van der Waals surface area (Å²) in [6.45, 7) is 2.29. The zero-order chi connectivity index (χ0) is 23.9. The third-order valence-electron chi connectivity index (χ3n) is 5.27. The van der Waals surface area contributed by atoms with Gasteiger partial charge in [-0.2, -0.15) is 0 Å². The van der Waals surface area contributed by atoms with Crippen LogP contribution in [0, 0.1) is 6.92 Å². The van der Waals surface area contributed by atoms with Gasteiger partial charge in [-0.3, -0.25) is 14.5 Å². The van der Waals surface area contributed by atoms with Crippen LogP contribution in [-0.4, -0.2) is 35.1 Å². The lowest BCUT2D eigenvalue weighted by atomic mass is 10.1. The van der Waals surface area contributed by atoms with Crippen LogP contribution in [0.5, 0.6) is 5.75 Å². The number of anilines is 1. The average Bonchev–Trinajstić information content (AvgIpc) is 3.57. The maximum Gasteiger partial charge on any atom is 0.280 e. The SMILES string of the molecule is COc1ccc(C)cc1N(C(=O)c1csnn1)C(C(=O)NCCc1ccccc1)c1ccco1. The Morgan fingerprint density at radius 2 is 1.97 bits per heavy atom. The number of ether oxygens (including phenoxy) is 1. The van der Waals surface area contributed by atoms with Crippen LogP contribution in [0.15, 0.2) is 76.7 Å². The van der Waals surface area contributed by atoms with E-state index in [1.54, 1.807) is 29.6 Å². The predicted octanol–water partition coefficient (Wildman–Crippen LogP) is 4.20. The van der Waals surface area contributed by atoms with Crippen LogP contribution in [0.1, 0.15) is 33.4 Å². The molecule has 2 aromatic carbocycles. The minimum absolute atomic E-state index is 0.127. The summed E-state index contributed by atoms with van der Waals surface area (Å²) in [4.78, 5) is 28.6. The lowest BCUT2D eigenvalue weighted by Crippen LogP contribution is -2.44. The molecule has 1 atom stereocenters. The van der Waals surface area contributed by atoms with E-state index in [1.807, 2.05) is 43.3 Å². The van der Waals surface area contributed by atoms with Gasteiger partial charge in [-0.15, -0.1) is 5.10 Å². The summed E-state index contributed by atoms with van der Waals surface area (Å²) in [6.07, 6.45) is 2.12. The molecule has 1 unspecified atom stereocenters. The Labute approximate surface area is 201 Å². The number of nitrogens with zero attached hydrogens (tertiary/aromatic N) is 3. The van der Waals surface area contributed by atoms with E-state index in [2.05, 4.69) is 14.9 Å². The van der Waals surface area contributed by atoms with E-state index in [1.165, 1.54) is 18.3 Å². The number of aryl methyl sites for hydroxylation is 1. The fourth-order valence-corrected chi connectivity index (χ4v) is 4.06. The van der Waals surface area contributed by atoms with E-state index >= 15 is 0 Å². The van der Waals surface area contributed by atoms with Gasteiger partial charge >= 0.3 is 0 Å². The summed E-state index contributed by atoms with van der Waals surface area (Å²) in [5.41, 5.74) is 2.55. The number of furan rings is 1.